The van der Waals surface area contributed by atoms with Crippen molar-refractivity contribution in [2.45, 2.75) is 11.8 Å². The molecule has 0 heterocycles. The van der Waals surface area contributed by atoms with Gasteiger partial charge in [-0.3, -0.25) is 0 Å². The molecule has 0 spiro atoms. The van der Waals surface area contributed by atoms with E-state index in [-0.39, 0.29) is 4.90 Å². The molecule has 0 bridgehead atoms. The highest BCUT2D eigenvalue weighted by Crippen LogP contribution is 2.19. The zero-order chi connectivity index (χ0) is 11.6. The van der Waals surface area contributed by atoms with Crippen LogP contribution in [-0.2, 0) is 10.0 Å². The highest BCUT2D eigenvalue weighted by molar-refractivity contribution is 9.10. The first-order valence-corrected chi connectivity index (χ1v) is 6.56. The molecule has 0 amide bonds. The van der Waals surface area contributed by atoms with E-state index >= 15 is 0 Å². The van der Waals surface area contributed by atoms with Crippen molar-refractivity contribution >= 4 is 26.0 Å². The van der Waals surface area contributed by atoms with Crippen molar-refractivity contribution < 1.29 is 8.42 Å². The van der Waals surface area contributed by atoms with Crippen molar-refractivity contribution in [3.05, 3.63) is 28.2 Å². The van der Waals surface area contributed by atoms with Crippen molar-refractivity contribution in [3.8, 4) is 0 Å². The normalized spacial score (nSPS) is 12.1. The topological polar surface area (TPSA) is 49.4 Å². The van der Waals surface area contributed by atoms with Gasteiger partial charge in [-0.15, -0.1) is 4.83 Å². The molecule has 1 aromatic carbocycles. The van der Waals surface area contributed by atoms with Gasteiger partial charge in [-0.2, -0.15) is 0 Å². The number of aryl methyl sites for hydroxylation is 1. The largest absolute Gasteiger partial charge is 0.253 e. The molecule has 0 aliphatic rings. The average molecular weight is 293 g/mol. The van der Waals surface area contributed by atoms with Crippen molar-refractivity contribution in [2.75, 3.05) is 14.1 Å². The molecular weight excluding hydrogens is 280 g/mol. The van der Waals surface area contributed by atoms with Crippen molar-refractivity contribution in [1.29, 1.82) is 0 Å². The third-order valence-electron chi connectivity index (χ3n) is 1.74. The summed E-state index contributed by atoms with van der Waals surface area (Å²) in [5.41, 5.74) is 0.886. The number of nitrogens with one attached hydrogen (secondary N) is 1. The summed E-state index contributed by atoms with van der Waals surface area (Å²) in [5, 5.41) is 1.40. The van der Waals surface area contributed by atoms with E-state index in [0.717, 1.165) is 10.0 Å². The Hall–Kier alpha value is -0.430. The van der Waals surface area contributed by atoms with Crippen LogP contribution in [-0.4, -0.2) is 27.5 Å². The fourth-order valence-corrected chi connectivity index (χ4v) is 2.49. The van der Waals surface area contributed by atoms with Gasteiger partial charge in [-0.1, -0.05) is 15.9 Å². The Bertz CT molecular complexity index is 457. The molecule has 0 radical (unpaired) electrons. The van der Waals surface area contributed by atoms with E-state index in [1.807, 2.05) is 6.92 Å². The zero-order valence-electron chi connectivity index (χ0n) is 8.78. The van der Waals surface area contributed by atoms with Gasteiger partial charge in [0.05, 0.1) is 4.90 Å². The smallest absolute Gasteiger partial charge is 0.237 e. The van der Waals surface area contributed by atoms with E-state index in [4.69, 9.17) is 0 Å². The summed E-state index contributed by atoms with van der Waals surface area (Å²) in [6, 6.07) is 4.90. The molecule has 84 valence electrons. The van der Waals surface area contributed by atoms with Crippen LogP contribution in [0.15, 0.2) is 27.6 Å². The molecule has 0 fully saturated rings. The summed E-state index contributed by atoms with van der Waals surface area (Å²) in [7, 11) is -0.187. The number of rotatable bonds is 3. The summed E-state index contributed by atoms with van der Waals surface area (Å²) >= 11 is 3.32. The first-order valence-electron chi connectivity index (χ1n) is 4.29. The number of halogens is 1. The Morgan fingerprint density at radius 2 is 1.93 bits per heavy atom. The van der Waals surface area contributed by atoms with Gasteiger partial charge in [0.1, 0.15) is 0 Å². The van der Waals surface area contributed by atoms with Gasteiger partial charge in [-0.05, 0) is 30.7 Å². The summed E-state index contributed by atoms with van der Waals surface area (Å²) < 4.78 is 24.4. The molecule has 0 unspecified atom stereocenters. The average Bonchev–Trinajstić information content (AvgIpc) is 2.07. The third kappa shape index (κ3) is 3.27. The molecule has 0 aromatic heterocycles. The third-order valence-corrected chi connectivity index (χ3v) is 4.11. The molecular formula is C9H13BrN2O2S. The number of hydrogen-bond donors (Lipinski definition) is 1. The lowest BCUT2D eigenvalue weighted by Gasteiger charge is -2.13. The van der Waals surface area contributed by atoms with Crippen molar-refractivity contribution in [1.82, 2.24) is 9.84 Å². The SMILES string of the molecule is Cc1cc(S(=O)(=O)NN(C)C)ccc1Br. The van der Waals surface area contributed by atoms with Gasteiger partial charge in [-0.25, -0.2) is 13.4 Å². The fraction of sp³-hybridized carbons (Fsp3) is 0.333. The van der Waals surface area contributed by atoms with Crippen LogP contribution in [0.5, 0.6) is 0 Å². The lowest BCUT2D eigenvalue weighted by atomic mass is 10.2. The van der Waals surface area contributed by atoms with Gasteiger partial charge in [0.15, 0.2) is 0 Å². The molecule has 6 heteroatoms. The van der Waals surface area contributed by atoms with E-state index < -0.39 is 10.0 Å². The van der Waals surface area contributed by atoms with Crippen molar-refractivity contribution in [2.24, 2.45) is 0 Å². The summed E-state index contributed by atoms with van der Waals surface area (Å²) in [4.78, 5) is 2.63. The standard InChI is InChI=1S/C9H13BrN2O2S/c1-7-6-8(4-5-9(7)10)15(13,14)11-12(2)3/h4-6,11H,1-3H3. The van der Waals surface area contributed by atoms with Gasteiger partial charge >= 0.3 is 0 Å². The van der Waals surface area contributed by atoms with E-state index in [1.165, 1.54) is 5.01 Å². The molecule has 0 saturated heterocycles. The summed E-state index contributed by atoms with van der Waals surface area (Å²) in [5.74, 6) is 0. The van der Waals surface area contributed by atoms with Crippen LogP contribution in [0.25, 0.3) is 0 Å². The van der Waals surface area contributed by atoms with Crippen LogP contribution in [0.4, 0.5) is 0 Å². The number of sulfonamides is 1. The quantitative estimate of drug-likeness (QED) is 0.860. The molecule has 0 saturated carbocycles. The predicted molar refractivity (Wildman–Crippen MR) is 62.9 cm³/mol. The maximum atomic E-state index is 11.7. The van der Waals surface area contributed by atoms with Crippen LogP contribution < -0.4 is 4.83 Å². The molecule has 15 heavy (non-hydrogen) atoms. The Morgan fingerprint density at radius 1 is 1.33 bits per heavy atom. The van der Waals surface area contributed by atoms with Crippen LogP contribution in [0.3, 0.4) is 0 Å². The lowest BCUT2D eigenvalue weighted by molar-refractivity contribution is 0.364. The minimum Gasteiger partial charge on any atom is -0.237 e. The lowest BCUT2D eigenvalue weighted by Crippen LogP contribution is -2.36. The minimum atomic E-state index is -3.44. The van der Waals surface area contributed by atoms with Crippen LogP contribution >= 0.6 is 15.9 Å². The maximum Gasteiger partial charge on any atom is 0.253 e. The van der Waals surface area contributed by atoms with E-state index in [0.29, 0.717) is 0 Å². The summed E-state index contributed by atoms with van der Waals surface area (Å²) in [6.07, 6.45) is 0. The molecule has 1 aromatic rings. The summed E-state index contributed by atoms with van der Waals surface area (Å²) in [6.45, 7) is 1.85. The second-order valence-corrected chi connectivity index (χ2v) is 5.92. The van der Waals surface area contributed by atoms with E-state index in [2.05, 4.69) is 20.8 Å². The predicted octanol–water partition coefficient (Wildman–Crippen LogP) is 1.51. The second kappa shape index (κ2) is 4.61. The fourth-order valence-electron chi connectivity index (χ4n) is 1.08. The Morgan fingerprint density at radius 3 is 2.40 bits per heavy atom. The molecule has 4 nitrogen and oxygen atoms in total. The van der Waals surface area contributed by atoms with Gasteiger partial charge < -0.3 is 0 Å². The number of nitrogens with zero attached hydrogens (tertiary/aromatic N) is 1. The molecule has 1 rings (SSSR count). The number of hydrogen-bond acceptors (Lipinski definition) is 3. The van der Waals surface area contributed by atoms with E-state index in [9.17, 15) is 8.42 Å². The number of hydrazine groups is 1. The monoisotopic (exact) mass is 292 g/mol. The van der Waals surface area contributed by atoms with Gasteiger partial charge in [0, 0.05) is 18.6 Å². The Labute approximate surface area is 98.4 Å². The Balaban J connectivity index is 3.11. The van der Waals surface area contributed by atoms with Gasteiger partial charge in [0.2, 0.25) is 0 Å². The van der Waals surface area contributed by atoms with Gasteiger partial charge in [0.25, 0.3) is 10.0 Å². The highest BCUT2D eigenvalue weighted by atomic mass is 79.9. The zero-order valence-corrected chi connectivity index (χ0v) is 11.2. The van der Waals surface area contributed by atoms with E-state index in [1.54, 1.807) is 32.3 Å². The molecule has 0 atom stereocenters. The Kier molecular flexibility index (Phi) is 3.88. The number of benzene rings is 1. The van der Waals surface area contributed by atoms with Crippen LogP contribution in [0.1, 0.15) is 5.56 Å². The first-order chi connectivity index (χ1) is 6.83. The molecule has 1 N–H and O–H groups in total. The first kappa shape index (κ1) is 12.6. The highest BCUT2D eigenvalue weighted by Gasteiger charge is 2.15. The van der Waals surface area contributed by atoms with Crippen LogP contribution in [0.2, 0.25) is 0 Å². The molecule has 0 aliphatic heterocycles. The molecule has 0 aliphatic carbocycles. The maximum absolute atomic E-state index is 11.7. The minimum absolute atomic E-state index is 0.261. The second-order valence-electron chi connectivity index (χ2n) is 3.40. The van der Waals surface area contributed by atoms with Crippen molar-refractivity contribution in [3.63, 3.8) is 0 Å². The van der Waals surface area contributed by atoms with Crippen LogP contribution in [0, 0.1) is 6.92 Å².